The number of hydrogen-bond donors (Lipinski definition) is 2. The molecule has 0 spiro atoms. The molecule has 0 unspecified atom stereocenters. The van der Waals surface area contributed by atoms with Crippen molar-refractivity contribution in [2.45, 2.75) is 13.8 Å². The molecule has 0 fully saturated rings. The Hall–Kier alpha value is -2.63. The van der Waals surface area contributed by atoms with Gasteiger partial charge >= 0.3 is 0 Å². The molecular weight excluding hydrogens is 242 g/mol. The van der Waals surface area contributed by atoms with Crippen molar-refractivity contribution in [2.24, 2.45) is 0 Å². The number of rotatable bonds is 1. The van der Waals surface area contributed by atoms with Crippen molar-refractivity contribution in [1.82, 2.24) is 19.6 Å². The quantitative estimate of drug-likeness (QED) is 0.510. The molecule has 0 bridgehead atoms. The van der Waals surface area contributed by atoms with E-state index < -0.39 is 0 Å². The fraction of sp³-hybridized carbons (Fsp3) is 0.154. The summed E-state index contributed by atoms with van der Waals surface area (Å²) < 4.78 is 1.86. The molecule has 3 N–H and O–H groups in total. The lowest BCUT2D eigenvalue weighted by atomic mass is 10.1. The highest BCUT2D eigenvalue weighted by molar-refractivity contribution is 5.67. The summed E-state index contributed by atoms with van der Waals surface area (Å²) in [6.07, 6.45) is 0. The first-order valence-electron chi connectivity index (χ1n) is 5.84. The number of nitrogens with zero attached hydrogens (tertiary/aromatic N) is 4. The lowest BCUT2D eigenvalue weighted by Crippen LogP contribution is -1.98. The predicted molar refractivity (Wildman–Crippen MR) is 71.8 cm³/mol. The highest BCUT2D eigenvalue weighted by Gasteiger charge is 2.12. The van der Waals surface area contributed by atoms with E-state index in [2.05, 4.69) is 15.2 Å². The van der Waals surface area contributed by atoms with E-state index in [0.717, 1.165) is 17.0 Å². The number of phenols is 1. The molecule has 3 rings (SSSR count). The largest absolute Gasteiger partial charge is 0.506 e. The molecule has 1 aromatic carbocycles. The Labute approximate surface area is 109 Å². The third-order valence-corrected chi connectivity index (χ3v) is 2.98. The van der Waals surface area contributed by atoms with Gasteiger partial charge in [0.05, 0.1) is 5.69 Å². The van der Waals surface area contributed by atoms with Crippen molar-refractivity contribution in [3.63, 3.8) is 0 Å². The number of phenolic OH excluding ortho intramolecular Hbond substituents is 1. The third-order valence-electron chi connectivity index (χ3n) is 2.98. The molecule has 96 valence electrons. The first-order valence-corrected chi connectivity index (χ1v) is 5.84. The molecule has 0 atom stereocenters. The Kier molecular flexibility index (Phi) is 2.38. The summed E-state index contributed by atoms with van der Waals surface area (Å²) in [5.41, 5.74) is 8.70. The Balaban J connectivity index is 2.28. The van der Waals surface area contributed by atoms with E-state index in [1.54, 1.807) is 18.2 Å². The fourth-order valence-electron chi connectivity index (χ4n) is 2.11. The summed E-state index contributed by atoms with van der Waals surface area (Å²) in [7, 11) is 0. The summed E-state index contributed by atoms with van der Waals surface area (Å²) in [6, 6.07) is 6.93. The molecular formula is C13H13N5O. The zero-order chi connectivity index (χ0) is 13.6. The van der Waals surface area contributed by atoms with Gasteiger partial charge in [-0.2, -0.15) is 0 Å². The maximum Gasteiger partial charge on any atom is 0.255 e. The zero-order valence-electron chi connectivity index (χ0n) is 10.6. The minimum atomic E-state index is 0.0586. The van der Waals surface area contributed by atoms with Crippen LogP contribution in [0.3, 0.4) is 0 Å². The number of nitrogens with two attached hydrogens (primary N) is 1. The van der Waals surface area contributed by atoms with Gasteiger partial charge in [0.15, 0.2) is 5.82 Å². The Morgan fingerprint density at radius 2 is 1.95 bits per heavy atom. The average Bonchev–Trinajstić information content (AvgIpc) is 2.76. The first kappa shape index (κ1) is 11.5. The molecule has 0 radical (unpaired) electrons. The van der Waals surface area contributed by atoms with Crippen molar-refractivity contribution < 1.29 is 5.11 Å². The van der Waals surface area contributed by atoms with Crippen LogP contribution in [0.1, 0.15) is 11.4 Å². The van der Waals surface area contributed by atoms with Gasteiger partial charge in [-0.05, 0) is 38.1 Å². The number of nitrogen functional groups attached to an aromatic ring is 1. The van der Waals surface area contributed by atoms with Crippen LogP contribution in [-0.4, -0.2) is 24.7 Å². The van der Waals surface area contributed by atoms with Crippen molar-refractivity contribution in [3.8, 4) is 17.1 Å². The van der Waals surface area contributed by atoms with Gasteiger partial charge in [0.2, 0.25) is 0 Å². The topological polar surface area (TPSA) is 89.3 Å². The van der Waals surface area contributed by atoms with Gasteiger partial charge < -0.3 is 10.8 Å². The first-order chi connectivity index (χ1) is 9.06. The van der Waals surface area contributed by atoms with Crippen LogP contribution in [0, 0.1) is 13.8 Å². The van der Waals surface area contributed by atoms with Crippen molar-refractivity contribution in [2.75, 3.05) is 5.73 Å². The minimum Gasteiger partial charge on any atom is -0.506 e. The van der Waals surface area contributed by atoms with Gasteiger partial charge in [0.1, 0.15) is 5.75 Å². The lowest BCUT2D eigenvalue weighted by molar-refractivity contribution is 0.478. The van der Waals surface area contributed by atoms with E-state index in [9.17, 15) is 5.11 Å². The smallest absolute Gasteiger partial charge is 0.255 e. The van der Waals surface area contributed by atoms with Crippen LogP contribution in [0.25, 0.3) is 17.2 Å². The number of anilines is 1. The molecule has 0 saturated heterocycles. The summed E-state index contributed by atoms with van der Waals surface area (Å²) in [5.74, 6) is 1.27. The van der Waals surface area contributed by atoms with Crippen molar-refractivity contribution in [3.05, 3.63) is 35.7 Å². The molecule has 0 aliphatic rings. The second-order valence-electron chi connectivity index (χ2n) is 4.47. The molecule has 0 aliphatic heterocycles. The van der Waals surface area contributed by atoms with Gasteiger partial charge in [-0.15, -0.1) is 10.2 Å². The van der Waals surface area contributed by atoms with E-state index in [0.29, 0.717) is 17.3 Å². The third kappa shape index (κ3) is 1.77. The Morgan fingerprint density at radius 3 is 2.68 bits per heavy atom. The average molecular weight is 255 g/mol. The maximum atomic E-state index is 9.47. The van der Waals surface area contributed by atoms with E-state index in [4.69, 9.17) is 5.73 Å². The second-order valence-corrected chi connectivity index (χ2v) is 4.47. The lowest BCUT2D eigenvalue weighted by Gasteiger charge is -2.05. The molecule has 19 heavy (non-hydrogen) atoms. The van der Waals surface area contributed by atoms with Crippen molar-refractivity contribution in [1.29, 1.82) is 0 Å². The highest BCUT2D eigenvalue weighted by Crippen LogP contribution is 2.27. The summed E-state index contributed by atoms with van der Waals surface area (Å²) in [6.45, 7) is 3.89. The zero-order valence-corrected chi connectivity index (χ0v) is 10.6. The molecule has 3 aromatic rings. The fourth-order valence-corrected chi connectivity index (χ4v) is 2.11. The van der Waals surface area contributed by atoms with E-state index in [-0.39, 0.29) is 5.75 Å². The number of aromatic nitrogens is 4. The summed E-state index contributed by atoms with van der Waals surface area (Å²) in [5, 5.41) is 17.7. The van der Waals surface area contributed by atoms with Crippen LogP contribution in [-0.2, 0) is 0 Å². The van der Waals surface area contributed by atoms with Crippen LogP contribution >= 0.6 is 0 Å². The number of aryl methyl sites for hydroxylation is 2. The maximum absolute atomic E-state index is 9.47. The number of hydrogen-bond acceptors (Lipinski definition) is 5. The van der Waals surface area contributed by atoms with E-state index >= 15 is 0 Å². The van der Waals surface area contributed by atoms with Gasteiger partial charge in [-0.1, -0.05) is 0 Å². The molecule has 2 aromatic heterocycles. The monoisotopic (exact) mass is 255 g/mol. The number of benzene rings is 1. The second kappa shape index (κ2) is 3.94. The Bertz CT molecular complexity index is 778. The van der Waals surface area contributed by atoms with Gasteiger partial charge in [0.25, 0.3) is 5.78 Å². The van der Waals surface area contributed by atoms with Gasteiger partial charge in [-0.25, -0.2) is 4.98 Å². The van der Waals surface area contributed by atoms with Crippen LogP contribution < -0.4 is 5.73 Å². The van der Waals surface area contributed by atoms with E-state index in [1.165, 1.54) is 0 Å². The van der Waals surface area contributed by atoms with Crippen LogP contribution in [0.5, 0.6) is 5.75 Å². The molecule has 6 nitrogen and oxygen atoms in total. The molecule has 2 heterocycles. The van der Waals surface area contributed by atoms with E-state index in [1.807, 2.05) is 24.3 Å². The van der Waals surface area contributed by atoms with Crippen LogP contribution in [0.2, 0.25) is 0 Å². The normalized spacial score (nSPS) is 11.1. The van der Waals surface area contributed by atoms with Crippen molar-refractivity contribution >= 4 is 11.5 Å². The Morgan fingerprint density at radius 1 is 1.16 bits per heavy atom. The van der Waals surface area contributed by atoms with Crippen LogP contribution in [0.4, 0.5) is 5.69 Å². The standard InChI is InChI=1S/C13H13N5O/c1-7-5-8(2)18-12(16-17-13(18)15-7)9-3-4-11(19)10(14)6-9/h3-6,19H,14H2,1-2H3. The molecule has 0 amide bonds. The highest BCUT2D eigenvalue weighted by atomic mass is 16.3. The summed E-state index contributed by atoms with van der Waals surface area (Å²) >= 11 is 0. The minimum absolute atomic E-state index is 0.0586. The van der Waals surface area contributed by atoms with Crippen LogP contribution in [0.15, 0.2) is 24.3 Å². The molecule has 0 aliphatic carbocycles. The SMILES string of the molecule is Cc1cc(C)n2c(-c3ccc(O)c(N)c3)nnc2n1. The number of aromatic hydroxyl groups is 1. The van der Waals surface area contributed by atoms with Gasteiger partial charge in [-0.3, -0.25) is 4.40 Å². The predicted octanol–water partition coefficient (Wildman–Crippen LogP) is 1.70. The van der Waals surface area contributed by atoms with Gasteiger partial charge in [0, 0.05) is 17.0 Å². The molecule has 0 saturated carbocycles. The number of fused-ring (bicyclic) bond motifs is 1. The molecule has 6 heteroatoms. The summed E-state index contributed by atoms with van der Waals surface area (Å²) in [4.78, 5) is 4.33.